The number of nitrogens with zero attached hydrogens (tertiary/aromatic N) is 6. The van der Waals surface area contributed by atoms with Gasteiger partial charge in [0.1, 0.15) is 29.1 Å². The Labute approximate surface area is 216 Å². The Morgan fingerprint density at radius 2 is 1.95 bits per heavy atom. The molecule has 0 amide bonds. The fraction of sp³-hybridized carbons (Fsp3) is 0.107. The number of phenolic OH excluding ortho intramolecular Hbond substituents is 1. The molecule has 0 saturated heterocycles. The first-order valence-electron chi connectivity index (χ1n) is 11.9. The fourth-order valence-corrected chi connectivity index (χ4v) is 4.74. The fourth-order valence-electron chi connectivity index (χ4n) is 4.74. The highest BCUT2D eigenvalue weighted by molar-refractivity contribution is 6.01. The Hall–Kier alpha value is -5.43. The van der Waals surface area contributed by atoms with Crippen molar-refractivity contribution in [2.75, 3.05) is 5.32 Å². The van der Waals surface area contributed by atoms with Crippen molar-refractivity contribution < 1.29 is 5.11 Å². The Bertz CT molecular complexity index is 1930. The first kappa shape index (κ1) is 23.0. The van der Waals surface area contributed by atoms with Crippen molar-refractivity contribution in [3.05, 3.63) is 101 Å². The zero-order chi connectivity index (χ0) is 26.4. The number of anilines is 1. The summed E-state index contributed by atoms with van der Waals surface area (Å²) in [6.07, 6.45) is 4.98. The molecule has 0 saturated carbocycles. The first-order chi connectivity index (χ1) is 18.4. The molecular formula is C28H22N8O2. The van der Waals surface area contributed by atoms with Gasteiger partial charge in [-0.15, -0.1) is 0 Å². The summed E-state index contributed by atoms with van der Waals surface area (Å²) in [6.45, 7) is 3.80. The summed E-state index contributed by atoms with van der Waals surface area (Å²) >= 11 is 0. The van der Waals surface area contributed by atoms with Crippen LogP contribution in [0.15, 0.2) is 78.1 Å². The molecular weight excluding hydrogens is 480 g/mol. The molecule has 4 aromatic heterocycles. The normalized spacial score (nSPS) is 12.0. The van der Waals surface area contributed by atoms with Gasteiger partial charge in [0.2, 0.25) is 0 Å². The van der Waals surface area contributed by atoms with Crippen LogP contribution in [0.4, 0.5) is 5.82 Å². The minimum absolute atomic E-state index is 0.0143. The van der Waals surface area contributed by atoms with E-state index in [0.717, 1.165) is 5.56 Å². The monoisotopic (exact) mass is 502 g/mol. The van der Waals surface area contributed by atoms with Crippen LogP contribution in [0.5, 0.6) is 5.75 Å². The lowest BCUT2D eigenvalue weighted by Gasteiger charge is -2.20. The molecule has 6 aromatic rings. The third kappa shape index (κ3) is 3.74. The maximum atomic E-state index is 13.7. The molecule has 0 fully saturated rings. The minimum atomic E-state index is -0.449. The van der Waals surface area contributed by atoms with Gasteiger partial charge in [0, 0.05) is 18.0 Å². The van der Waals surface area contributed by atoms with Gasteiger partial charge in [-0.2, -0.15) is 10.4 Å². The van der Waals surface area contributed by atoms with Crippen molar-refractivity contribution in [3.63, 3.8) is 0 Å². The van der Waals surface area contributed by atoms with Crippen LogP contribution < -0.4 is 10.9 Å². The number of aryl methyl sites for hydroxylation is 1. The lowest BCUT2D eigenvalue weighted by molar-refractivity contribution is 0.475. The van der Waals surface area contributed by atoms with E-state index < -0.39 is 6.04 Å². The first-order valence-corrected chi connectivity index (χ1v) is 11.9. The lowest BCUT2D eigenvalue weighted by Crippen LogP contribution is -2.29. The molecule has 0 spiro atoms. The van der Waals surface area contributed by atoms with E-state index in [9.17, 15) is 15.2 Å². The molecule has 10 heteroatoms. The number of hydrogen-bond acceptors (Lipinski definition) is 7. The van der Waals surface area contributed by atoms with E-state index in [4.69, 9.17) is 5.10 Å². The van der Waals surface area contributed by atoms with Crippen LogP contribution in [-0.4, -0.2) is 34.2 Å². The number of para-hydroxylation sites is 1. The second kappa shape index (κ2) is 8.90. The molecule has 0 radical (unpaired) electrons. The van der Waals surface area contributed by atoms with Gasteiger partial charge in [-0.1, -0.05) is 18.2 Å². The van der Waals surface area contributed by atoms with Crippen molar-refractivity contribution in [2.24, 2.45) is 0 Å². The third-order valence-corrected chi connectivity index (χ3v) is 6.50. The van der Waals surface area contributed by atoms with E-state index in [2.05, 4.69) is 26.3 Å². The molecule has 0 aliphatic rings. The van der Waals surface area contributed by atoms with Crippen molar-refractivity contribution >= 4 is 22.4 Å². The highest BCUT2D eigenvalue weighted by Gasteiger charge is 2.22. The van der Waals surface area contributed by atoms with Crippen LogP contribution in [0.3, 0.4) is 0 Å². The van der Waals surface area contributed by atoms with Crippen LogP contribution in [0.1, 0.15) is 29.9 Å². The highest BCUT2D eigenvalue weighted by atomic mass is 16.3. The molecule has 186 valence electrons. The molecule has 10 nitrogen and oxygen atoms in total. The summed E-state index contributed by atoms with van der Waals surface area (Å²) in [7, 11) is 0. The van der Waals surface area contributed by atoms with Gasteiger partial charge in [-0.05, 0) is 61.4 Å². The molecule has 0 unspecified atom stereocenters. The van der Waals surface area contributed by atoms with Gasteiger partial charge >= 0.3 is 0 Å². The van der Waals surface area contributed by atoms with Crippen LogP contribution in [-0.2, 0) is 0 Å². The number of fused-ring (bicyclic) bond motifs is 2. The van der Waals surface area contributed by atoms with Crippen molar-refractivity contribution in [1.29, 1.82) is 5.26 Å². The number of benzene rings is 2. The highest BCUT2D eigenvalue weighted by Crippen LogP contribution is 2.35. The standard InChI is InChI=1S/C28H22N8O2/c1-16-8-9-35-24(16)28(38)36(20-6-4-3-5-7-20)27(34-35)17(2)33-26-23-22(14-30-25(23)31-15-32-26)19-10-18(13-29)11-21(37)12-19/h3-12,14-15,17,37H,1-2H3,(H2,30,31,32,33)/t17-/m0/s1. The van der Waals surface area contributed by atoms with Gasteiger partial charge in [-0.3, -0.25) is 9.36 Å². The minimum Gasteiger partial charge on any atom is -0.508 e. The number of phenols is 1. The van der Waals surface area contributed by atoms with Crippen LogP contribution >= 0.6 is 0 Å². The maximum Gasteiger partial charge on any atom is 0.282 e. The van der Waals surface area contributed by atoms with Crippen molar-refractivity contribution in [3.8, 4) is 28.6 Å². The quantitative estimate of drug-likeness (QED) is 0.316. The summed E-state index contributed by atoms with van der Waals surface area (Å²) in [6, 6.07) is 17.6. The second-order valence-electron chi connectivity index (χ2n) is 9.02. The average Bonchev–Trinajstić information content (AvgIpc) is 3.53. The number of aromatic nitrogens is 6. The number of aromatic amines is 1. The summed E-state index contributed by atoms with van der Waals surface area (Å²) in [5.74, 6) is 0.995. The molecule has 0 aliphatic carbocycles. The maximum absolute atomic E-state index is 13.7. The molecule has 2 aromatic carbocycles. The lowest BCUT2D eigenvalue weighted by atomic mass is 10.0. The van der Waals surface area contributed by atoms with Crippen molar-refractivity contribution in [1.82, 2.24) is 29.1 Å². The van der Waals surface area contributed by atoms with E-state index in [0.29, 0.717) is 50.6 Å². The van der Waals surface area contributed by atoms with E-state index in [1.54, 1.807) is 33.6 Å². The number of rotatable bonds is 5. The predicted octanol–water partition coefficient (Wildman–Crippen LogP) is 4.48. The average molecular weight is 503 g/mol. The van der Waals surface area contributed by atoms with E-state index in [1.807, 2.05) is 50.2 Å². The zero-order valence-corrected chi connectivity index (χ0v) is 20.5. The summed E-state index contributed by atoms with van der Waals surface area (Å²) in [5.41, 5.74) is 4.16. The van der Waals surface area contributed by atoms with Gasteiger partial charge in [0.15, 0.2) is 5.82 Å². The zero-order valence-electron chi connectivity index (χ0n) is 20.5. The second-order valence-corrected chi connectivity index (χ2v) is 9.02. The van der Waals surface area contributed by atoms with Gasteiger partial charge in [0.25, 0.3) is 5.56 Å². The SMILES string of the molecule is Cc1ccn2nc([C@H](C)Nc3ncnc4[nH]cc(-c5cc(O)cc(C#N)c5)c34)n(-c3ccccc3)c(=O)c12. The molecule has 3 N–H and O–H groups in total. The molecule has 4 heterocycles. The predicted molar refractivity (Wildman–Crippen MR) is 143 cm³/mol. The number of aromatic hydroxyl groups is 1. The largest absolute Gasteiger partial charge is 0.508 e. The summed E-state index contributed by atoms with van der Waals surface area (Å²) in [5, 5.41) is 28.4. The van der Waals surface area contributed by atoms with E-state index >= 15 is 0 Å². The Morgan fingerprint density at radius 1 is 1.13 bits per heavy atom. The van der Waals surface area contributed by atoms with E-state index in [1.165, 1.54) is 12.4 Å². The van der Waals surface area contributed by atoms with E-state index in [-0.39, 0.29) is 11.3 Å². The Morgan fingerprint density at radius 3 is 2.74 bits per heavy atom. The van der Waals surface area contributed by atoms with Crippen molar-refractivity contribution in [2.45, 2.75) is 19.9 Å². The summed E-state index contributed by atoms with van der Waals surface area (Å²) in [4.78, 5) is 25.7. The molecule has 38 heavy (non-hydrogen) atoms. The van der Waals surface area contributed by atoms with Crippen LogP contribution in [0, 0.1) is 18.3 Å². The smallest absolute Gasteiger partial charge is 0.282 e. The van der Waals surface area contributed by atoms with Crippen LogP contribution in [0.25, 0.3) is 33.4 Å². The Balaban J connectivity index is 1.50. The molecule has 0 bridgehead atoms. The van der Waals surface area contributed by atoms with Gasteiger partial charge in [0.05, 0.1) is 28.7 Å². The molecule has 6 rings (SSSR count). The molecule has 0 aliphatic heterocycles. The van der Waals surface area contributed by atoms with Gasteiger partial charge in [-0.25, -0.2) is 14.5 Å². The number of nitriles is 1. The van der Waals surface area contributed by atoms with Crippen LogP contribution in [0.2, 0.25) is 0 Å². The third-order valence-electron chi connectivity index (χ3n) is 6.50. The number of H-pyrrole nitrogens is 1. The topological polar surface area (TPSA) is 137 Å². The number of nitrogens with one attached hydrogen (secondary N) is 2. The number of hydrogen-bond donors (Lipinski definition) is 3. The Kier molecular flexibility index (Phi) is 5.39. The summed E-state index contributed by atoms with van der Waals surface area (Å²) < 4.78 is 3.23. The van der Waals surface area contributed by atoms with Gasteiger partial charge < -0.3 is 15.4 Å². The molecule has 1 atom stereocenters.